The van der Waals surface area contributed by atoms with Crippen LogP contribution in [0, 0.1) is 0 Å². The Morgan fingerprint density at radius 3 is 2.50 bits per heavy atom. The van der Waals surface area contributed by atoms with Crippen molar-refractivity contribution in [3.63, 3.8) is 0 Å². The average molecular weight is 323 g/mol. The van der Waals surface area contributed by atoms with E-state index < -0.39 is 5.97 Å². The second kappa shape index (κ2) is 6.28. The van der Waals surface area contributed by atoms with Crippen molar-refractivity contribution in [2.75, 3.05) is 11.4 Å². The molecule has 0 saturated carbocycles. The molecule has 0 bridgehead atoms. The number of Topliss-reactive ketones (excluding diaryl/α,β-unsaturated/α-hetero) is 1. The minimum absolute atomic E-state index is 0.00914. The number of nitrogens with zero attached hydrogens (tertiary/aromatic N) is 1. The van der Waals surface area contributed by atoms with Crippen LogP contribution in [0.5, 0.6) is 5.75 Å². The first kappa shape index (κ1) is 15.9. The predicted molar refractivity (Wildman–Crippen MR) is 89.6 cm³/mol. The Bertz CT molecular complexity index is 841. The summed E-state index contributed by atoms with van der Waals surface area (Å²) in [4.78, 5) is 37.0. The minimum atomic E-state index is -0.486. The molecule has 1 heterocycles. The SMILES string of the molecule is CC(=O)c1cccc(OC(=O)c2ccc3c(c2)CCN3C(C)=O)c1. The number of esters is 1. The number of rotatable bonds is 3. The maximum absolute atomic E-state index is 12.3. The van der Waals surface area contributed by atoms with Gasteiger partial charge in [0.1, 0.15) is 5.75 Å². The normalized spacial score (nSPS) is 12.7. The van der Waals surface area contributed by atoms with Crippen LogP contribution in [0.2, 0.25) is 0 Å². The number of ketones is 1. The maximum Gasteiger partial charge on any atom is 0.343 e. The zero-order valence-corrected chi connectivity index (χ0v) is 13.5. The largest absolute Gasteiger partial charge is 0.423 e. The number of benzene rings is 2. The molecule has 3 rings (SSSR count). The molecule has 122 valence electrons. The molecular formula is C19H17NO4. The molecule has 0 fully saturated rings. The lowest BCUT2D eigenvalue weighted by Gasteiger charge is -2.14. The smallest absolute Gasteiger partial charge is 0.343 e. The van der Waals surface area contributed by atoms with Gasteiger partial charge in [0.25, 0.3) is 0 Å². The molecular weight excluding hydrogens is 306 g/mol. The monoisotopic (exact) mass is 323 g/mol. The maximum atomic E-state index is 12.3. The summed E-state index contributed by atoms with van der Waals surface area (Å²) in [5, 5.41) is 0. The van der Waals surface area contributed by atoms with E-state index in [1.165, 1.54) is 13.8 Å². The lowest BCUT2D eigenvalue weighted by Crippen LogP contribution is -2.25. The van der Waals surface area contributed by atoms with Crippen molar-refractivity contribution in [1.82, 2.24) is 0 Å². The second-order valence-corrected chi connectivity index (χ2v) is 5.74. The third kappa shape index (κ3) is 3.06. The highest BCUT2D eigenvalue weighted by Gasteiger charge is 2.23. The van der Waals surface area contributed by atoms with E-state index in [1.807, 2.05) is 0 Å². The Morgan fingerprint density at radius 2 is 1.79 bits per heavy atom. The molecule has 0 N–H and O–H groups in total. The van der Waals surface area contributed by atoms with Gasteiger partial charge in [-0.25, -0.2) is 4.79 Å². The fourth-order valence-corrected chi connectivity index (χ4v) is 2.80. The summed E-state index contributed by atoms with van der Waals surface area (Å²) in [5.74, 6) is -0.252. The van der Waals surface area contributed by atoms with E-state index >= 15 is 0 Å². The molecule has 0 aromatic heterocycles. The number of amides is 1. The molecule has 2 aromatic rings. The van der Waals surface area contributed by atoms with Crippen molar-refractivity contribution < 1.29 is 19.1 Å². The van der Waals surface area contributed by atoms with Crippen molar-refractivity contribution in [2.45, 2.75) is 20.3 Å². The number of carbonyl (C=O) groups is 3. The van der Waals surface area contributed by atoms with Gasteiger partial charge in [0.2, 0.25) is 5.91 Å². The van der Waals surface area contributed by atoms with E-state index in [0.717, 1.165) is 17.7 Å². The van der Waals surface area contributed by atoms with Crippen molar-refractivity contribution in [2.24, 2.45) is 0 Å². The van der Waals surface area contributed by atoms with Crippen LogP contribution >= 0.6 is 0 Å². The Labute approximate surface area is 139 Å². The van der Waals surface area contributed by atoms with E-state index in [2.05, 4.69) is 0 Å². The number of hydrogen-bond acceptors (Lipinski definition) is 4. The van der Waals surface area contributed by atoms with Crippen LogP contribution in [-0.4, -0.2) is 24.2 Å². The van der Waals surface area contributed by atoms with Crippen LogP contribution in [-0.2, 0) is 11.2 Å². The lowest BCUT2D eigenvalue weighted by atomic mass is 10.1. The second-order valence-electron chi connectivity index (χ2n) is 5.74. The fraction of sp³-hybridized carbons (Fsp3) is 0.211. The quantitative estimate of drug-likeness (QED) is 0.495. The lowest BCUT2D eigenvalue weighted by molar-refractivity contribution is -0.116. The summed E-state index contributed by atoms with van der Waals surface area (Å²) in [5.41, 5.74) is 2.72. The van der Waals surface area contributed by atoms with Gasteiger partial charge in [-0.15, -0.1) is 0 Å². The third-order valence-corrected chi connectivity index (χ3v) is 4.04. The van der Waals surface area contributed by atoms with Gasteiger partial charge < -0.3 is 9.64 Å². The van der Waals surface area contributed by atoms with Gasteiger partial charge in [-0.3, -0.25) is 9.59 Å². The highest BCUT2D eigenvalue weighted by molar-refractivity contribution is 5.97. The minimum Gasteiger partial charge on any atom is -0.423 e. The molecule has 5 nitrogen and oxygen atoms in total. The molecule has 0 saturated heterocycles. The summed E-state index contributed by atoms with van der Waals surface area (Å²) < 4.78 is 5.35. The first-order valence-corrected chi connectivity index (χ1v) is 7.70. The zero-order chi connectivity index (χ0) is 17.3. The van der Waals surface area contributed by atoms with Gasteiger partial charge >= 0.3 is 5.97 Å². The van der Waals surface area contributed by atoms with Crippen LogP contribution in [0.3, 0.4) is 0 Å². The van der Waals surface area contributed by atoms with Crippen molar-refractivity contribution >= 4 is 23.3 Å². The van der Waals surface area contributed by atoms with E-state index in [-0.39, 0.29) is 11.7 Å². The highest BCUT2D eigenvalue weighted by Crippen LogP contribution is 2.29. The number of carbonyl (C=O) groups excluding carboxylic acids is 3. The van der Waals surface area contributed by atoms with Crippen molar-refractivity contribution in [3.05, 3.63) is 59.2 Å². The predicted octanol–water partition coefficient (Wildman–Crippen LogP) is 3.02. The summed E-state index contributed by atoms with van der Waals surface area (Å²) >= 11 is 0. The first-order valence-electron chi connectivity index (χ1n) is 7.70. The molecule has 1 aliphatic heterocycles. The fourth-order valence-electron chi connectivity index (χ4n) is 2.80. The van der Waals surface area contributed by atoms with Crippen molar-refractivity contribution in [1.29, 1.82) is 0 Å². The van der Waals surface area contributed by atoms with Crippen LogP contribution in [0.4, 0.5) is 5.69 Å². The molecule has 0 unspecified atom stereocenters. The summed E-state index contributed by atoms with van der Waals surface area (Å²) in [6, 6.07) is 11.7. The molecule has 0 aliphatic carbocycles. The third-order valence-electron chi connectivity index (χ3n) is 4.04. The molecule has 5 heteroatoms. The van der Waals surface area contributed by atoms with Gasteiger partial charge in [0.05, 0.1) is 5.56 Å². The average Bonchev–Trinajstić information content (AvgIpc) is 2.98. The zero-order valence-electron chi connectivity index (χ0n) is 13.5. The first-order chi connectivity index (χ1) is 11.5. The Balaban J connectivity index is 1.80. The number of ether oxygens (including phenoxy) is 1. The molecule has 1 amide bonds. The molecule has 1 aliphatic rings. The van der Waals surface area contributed by atoms with E-state index in [4.69, 9.17) is 4.74 Å². The summed E-state index contributed by atoms with van der Waals surface area (Å²) in [6.45, 7) is 3.62. The number of hydrogen-bond donors (Lipinski definition) is 0. The van der Waals surface area contributed by atoms with Crippen LogP contribution < -0.4 is 9.64 Å². The Morgan fingerprint density at radius 1 is 1.00 bits per heavy atom. The van der Waals surface area contributed by atoms with E-state index in [1.54, 1.807) is 47.4 Å². The van der Waals surface area contributed by atoms with Gasteiger partial charge in [0.15, 0.2) is 5.78 Å². The molecule has 2 aromatic carbocycles. The summed E-state index contributed by atoms with van der Waals surface area (Å²) in [7, 11) is 0. The van der Waals surface area contributed by atoms with Gasteiger partial charge in [-0.1, -0.05) is 12.1 Å². The van der Waals surface area contributed by atoms with Crippen LogP contribution in [0.1, 0.15) is 40.1 Å². The van der Waals surface area contributed by atoms with Gasteiger partial charge in [-0.05, 0) is 49.2 Å². The van der Waals surface area contributed by atoms with E-state index in [0.29, 0.717) is 23.4 Å². The van der Waals surface area contributed by atoms with Gasteiger partial charge in [0, 0.05) is 24.7 Å². The molecule has 24 heavy (non-hydrogen) atoms. The number of anilines is 1. The molecule has 0 atom stereocenters. The molecule has 0 spiro atoms. The standard InChI is InChI=1S/C19H17NO4/c1-12(21)14-4-3-5-17(11-14)24-19(23)16-6-7-18-15(10-16)8-9-20(18)13(2)22/h3-7,10-11H,8-9H2,1-2H3. The van der Waals surface area contributed by atoms with Crippen molar-refractivity contribution in [3.8, 4) is 5.75 Å². The van der Waals surface area contributed by atoms with Gasteiger partial charge in [-0.2, -0.15) is 0 Å². The van der Waals surface area contributed by atoms with E-state index in [9.17, 15) is 14.4 Å². The molecule has 0 radical (unpaired) electrons. The Hall–Kier alpha value is -2.95. The topological polar surface area (TPSA) is 63.7 Å². The van der Waals surface area contributed by atoms with Crippen LogP contribution in [0.15, 0.2) is 42.5 Å². The summed E-state index contributed by atoms with van der Waals surface area (Å²) in [6.07, 6.45) is 0.718. The Kier molecular flexibility index (Phi) is 4.16. The number of fused-ring (bicyclic) bond motifs is 1. The van der Waals surface area contributed by atoms with Crippen LogP contribution in [0.25, 0.3) is 0 Å². The highest BCUT2D eigenvalue weighted by atomic mass is 16.5.